The van der Waals surface area contributed by atoms with Gasteiger partial charge in [0.15, 0.2) is 17.3 Å². The van der Waals surface area contributed by atoms with Crippen LogP contribution in [0, 0.1) is 20.8 Å². The van der Waals surface area contributed by atoms with Crippen molar-refractivity contribution in [2.45, 2.75) is 40.2 Å². The van der Waals surface area contributed by atoms with Crippen LogP contribution in [0.2, 0.25) is 0 Å². The summed E-state index contributed by atoms with van der Waals surface area (Å²) in [6, 6.07) is 9.76. The van der Waals surface area contributed by atoms with Gasteiger partial charge >= 0.3 is 0 Å². The van der Waals surface area contributed by atoms with Crippen LogP contribution in [0.3, 0.4) is 0 Å². The third-order valence-electron chi connectivity index (χ3n) is 6.49. The van der Waals surface area contributed by atoms with E-state index in [-0.39, 0.29) is 5.91 Å². The monoisotopic (exact) mass is 459 g/mol. The Morgan fingerprint density at radius 1 is 0.971 bits per heavy atom. The quantitative estimate of drug-likeness (QED) is 0.434. The smallest absolute Gasteiger partial charge is 0.222 e. The molecule has 4 aromatic heterocycles. The van der Waals surface area contributed by atoms with Crippen LogP contribution in [-0.4, -0.2) is 76.5 Å². The first-order chi connectivity index (χ1) is 16.5. The summed E-state index contributed by atoms with van der Waals surface area (Å²) >= 11 is 0. The highest BCUT2D eigenvalue weighted by atomic mass is 16.2. The molecule has 1 fully saturated rings. The molecule has 34 heavy (non-hydrogen) atoms. The van der Waals surface area contributed by atoms with Crippen LogP contribution < -0.4 is 0 Å². The van der Waals surface area contributed by atoms with Gasteiger partial charge in [0.1, 0.15) is 0 Å². The Kier molecular flexibility index (Phi) is 6.06. The van der Waals surface area contributed by atoms with Gasteiger partial charge in [-0.05, 0) is 57.0 Å². The lowest BCUT2D eigenvalue weighted by atomic mass is 10.1. The molecular weight excluding hydrogens is 430 g/mol. The summed E-state index contributed by atoms with van der Waals surface area (Å²) in [4.78, 5) is 21.7. The first kappa shape index (κ1) is 22.1. The minimum atomic E-state index is 0.198. The molecule has 5 heterocycles. The summed E-state index contributed by atoms with van der Waals surface area (Å²) in [6.07, 6.45) is 2.97. The van der Waals surface area contributed by atoms with Crippen LogP contribution in [-0.2, 0) is 17.8 Å². The number of piperazine rings is 1. The summed E-state index contributed by atoms with van der Waals surface area (Å²) < 4.78 is 3.55. The normalized spacial score (nSPS) is 14.7. The SMILES string of the molecule is Cc1nn(-c2ccc3nnc(C)n3n2)c(C)c1CCC(=O)N1CCN(Cc2ccccn2)CC1. The van der Waals surface area contributed by atoms with Gasteiger partial charge in [-0.3, -0.25) is 14.7 Å². The zero-order chi connectivity index (χ0) is 23.7. The maximum Gasteiger partial charge on any atom is 0.222 e. The van der Waals surface area contributed by atoms with Crippen LogP contribution in [0.4, 0.5) is 0 Å². The van der Waals surface area contributed by atoms with Crippen LogP contribution in [0.5, 0.6) is 0 Å². The number of hydrogen-bond donors (Lipinski definition) is 0. The van der Waals surface area contributed by atoms with Gasteiger partial charge in [-0.2, -0.15) is 9.61 Å². The van der Waals surface area contributed by atoms with E-state index >= 15 is 0 Å². The molecule has 0 bridgehead atoms. The topological polar surface area (TPSA) is 97.3 Å². The van der Waals surface area contributed by atoms with Crippen molar-refractivity contribution >= 4 is 11.6 Å². The lowest BCUT2D eigenvalue weighted by Gasteiger charge is -2.34. The number of carbonyl (C=O) groups excluding carboxylic acids is 1. The minimum Gasteiger partial charge on any atom is -0.340 e. The van der Waals surface area contributed by atoms with Crippen molar-refractivity contribution < 1.29 is 4.79 Å². The molecule has 1 aliphatic heterocycles. The molecule has 176 valence electrons. The van der Waals surface area contributed by atoms with Crippen molar-refractivity contribution in [2.75, 3.05) is 26.2 Å². The highest BCUT2D eigenvalue weighted by Crippen LogP contribution is 2.19. The highest BCUT2D eigenvalue weighted by Gasteiger charge is 2.22. The molecule has 0 radical (unpaired) electrons. The van der Waals surface area contributed by atoms with Crippen LogP contribution in [0.25, 0.3) is 11.5 Å². The fourth-order valence-electron chi connectivity index (χ4n) is 4.53. The maximum absolute atomic E-state index is 12.9. The van der Waals surface area contributed by atoms with Gasteiger partial charge in [-0.15, -0.1) is 15.3 Å². The van der Waals surface area contributed by atoms with E-state index in [4.69, 9.17) is 5.10 Å². The van der Waals surface area contributed by atoms with Crippen LogP contribution in [0.15, 0.2) is 36.5 Å². The van der Waals surface area contributed by atoms with Crippen LogP contribution in [0.1, 0.15) is 34.9 Å². The largest absolute Gasteiger partial charge is 0.340 e. The Hall–Kier alpha value is -3.66. The number of pyridine rings is 1. The molecule has 10 heteroatoms. The molecule has 1 saturated heterocycles. The van der Waals surface area contributed by atoms with Crippen LogP contribution >= 0.6 is 0 Å². The van der Waals surface area contributed by atoms with E-state index in [2.05, 4.69) is 25.2 Å². The van der Waals surface area contributed by atoms with Gasteiger partial charge in [0.2, 0.25) is 5.91 Å². The summed E-state index contributed by atoms with van der Waals surface area (Å²) in [5, 5.41) is 17.5. The van der Waals surface area contributed by atoms with E-state index in [1.807, 2.05) is 66.9 Å². The van der Waals surface area contributed by atoms with Crippen molar-refractivity contribution in [2.24, 2.45) is 0 Å². The van der Waals surface area contributed by atoms with Gasteiger partial charge in [0, 0.05) is 51.0 Å². The number of rotatable bonds is 6. The summed E-state index contributed by atoms with van der Waals surface area (Å²) in [5.74, 6) is 1.63. The average Bonchev–Trinajstić information content (AvgIpc) is 3.37. The number of nitrogens with zero attached hydrogens (tertiary/aromatic N) is 9. The van der Waals surface area contributed by atoms with E-state index < -0.39 is 0 Å². The third-order valence-corrected chi connectivity index (χ3v) is 6.49. The summed E-state index contributed by atoms with van der Waals surface area (Å²) in [6.45, 7) is 9.96. The molecule has 0 aromatic carbocycles. The van der Waals surface area contributed by atoms with E-state index in [0.29, 0.717) is 24.3 Å². The van der Waals surface area contributed by atoms with Gasteiger partial charge in [0.05, 0.1) is 11.4 Å². The second kappa shape index (κ2) is 9.30. The van der Waals surface area contributed by atoms with Crippen molar-refractivity contribution in [1.82, 2.24) is 44.4 Å². The van der Waals surface area contributed by atoms with E-state index in [0.717, 1.165) is 61.2 Å². The van der Waals surface area contributed by atoms with E-state index in [9.17, 15) is 4.79 Å². The fourth-order valence-corrected chi connectivity index (χ4v) is 4.53. The van der Waals surface area contributed by atoms with Crippen molar-refractivity contribution in [3.8, 4) is 5.82 Å². The molecule has 1 aliphatic rings. The summed E-state index contributed by atoms with van der Waals surface area (Å²) in [7, 11) is 0. The molecule has 4 aromatic rings. The standard InChI is InChI=1S/C24H29N9O/c1-17-21(18(2)32(28-17)23-9-8-22-27-26-19(3)33(22)29-23)7-10-24(34)31-14-12-30(13-15-31)16-20-6-4-5-11-25-20/h4-6,8-9,11H,7,10,12-16H2,1-3H3. The Balaban J connectivity index is 1.20. The Labute approximate surface area is 198 Å². The number of amides is 1. The Morgan fingerprint density at radius 2 is 1.79 bits per heavy atom. The molecule has 0 unspecified atom stereocenters. The lowest BCUT2D eigenvalue weighted by molar-refractivity contribution is -0.133. The minimum absolute atomic E-state index is 0.198. The highest BCUT2D eigenvalue weighted by molar-refractivity contribution is 5.76. The van der Waals surface area contributed by atoms with Gasteiger partial charge in [-0.1, -0.05) is 6.07 Å². The number of aryl methyl sites for hydroxylation is 2. The van der Waals surface area contributed by atoms with Gasteiger partial charge < -0.3 is 4.90 Å². The molecule has 0 atom stereocenters. The van der Waals surface area contributed by atoms with Crippen molar-refractivity contribution in [3.63, 3.8) is 0 Å². The number of aromatic nitrogens is 7. The summed E-state index contributed by atoms with van der Waals surface area (Å²) in [5.41, 5.74) is 4.80. The first-order valence-corrected chi connectivity index (χ1v) is 11.6. The molecule has 0 aliphatic carbocycles. The average molecular weight is 460 g/mol. The predicted molar refractivity (Wildman–Crippen MR) is 127 cm³/mol. The molecule has 0 saturated carbocycles. The zero-order valence-corrected chi connectivity index (χ0v) is 19.8. The molecule has 1 amide bonds. The Bertz CT molecular complexity index is 1300. The molecule has 10 nitrogen and oxygen atoms in total. The second-order valence-electron chi connectivity index (χ2n) is 8.75. The van der Waals surface area contributed by atoms with Crippen molar-refractivity contribution in [1.29, 1.82) is 0 Å². The molecular formula is C24H29N9O. The predicted octanol–water partition coefficient (Wildman–Crippen LogP) is 1.91. The van der Waals surface area contributed by atoms with E-state index in [1.54, 1.807) is 4.52 Å². The first-order valence-electron chi connectivity index (χ1n) is 11.6. The number of hydrogen-bond acceptors (Lipinski definition) is 7. The second-order valence-corrected chi connectivity index (χ2v) is 8.75. The van der Waals surface area contributed by atoms with Gasteiger partial charge in [-0.25, -0.2) is 4.68 Å². The number of carbonyl (C=O) groups is 1. The molecule has 0 N–H and O–H groups in total. The zero-order valence-electron chi connectivity index (χ0n) is 19.8. The fraction of sp³-hybridized carbons (Fsp3) is 0.417. The van der Waals surface area contributed by atoms with Crippen molar-refractivity contribution in [3.05, 3.63) is 65.0 Å². The maximum atomic E-state index is 12.9. The van der Waals surface area contributed by atoms with Gasteiger partial charge in [0.25, 0.3) is 0 Å². The number of fused-ring (bicyclic) bond motifs is 1. The molecule has 0 spiro atoms. The molecule has 5 rings (SSSR count). The lowest BCUT2D eigenvalue weighted by Crippen LogP contribution is -2.48. The third kappa shape index (κ3) is 4.41. The van der Waals surface area contributed by atoms with E-state index in [1.165, 1.54) is 0 Å². The Morgan fingerprint density at radius 3 is 2.56 bits per heavy atom.